The van der Waals surface area contributed by atoms with Crippen LogP contribution in [0.1, 0.15) is 22.3 Å². The van der Waals surface area contributed by atoms with E-state index in [0.717, 1.165) is 20.3 Å². The molecule has 1 heterocycles. The lowest BCUT2D eigenvalue weighted by Gasteiger charge is -2.14. The minimum atomic E-state index is -0.520. The third-order valence-corrected chi connectivity index (χ3v) is 5.90. The van der Waals surface area contributed by atoms with Crippen molar-refractivity contribution in [1.29, 1.82) is 0 Å². The molecule has 0 spiro atoms. The first-order valence-electron chi connectivity index (χ1n) is 9.78. The molecule has 5 nitrogen and oxygen atoms in total. The van der Waals surface area contributed by atoms with Crippen LogP contribution in [0, 0.1) is 10.5 Å². The van der Waals surface area contributed by atoms with E-state index in [4.69, 9.17) is 25.8 Å². The topological polar surface area (TPSA) is 57.1 Å². The van der Waals surface area contributed by atoms with Gasteiger partial charge in [0.15, 0.2) is 17.2 Å². The van der Waals surface area contributed by atoms with Gasteiger partial charge in [-0.3, -0.25) is 0 Å². The number of halogens is 2. The molecule has 0 aliphatic carbocycles. The fraction of sp³-hybridized carbons (Fsp3) is 0.120. The first-order chi connectivity index (χ1) is 15.4. The zero-order valence-electron chi connectivity index (χ0n) is 17.4. The summed E-state index contributed by atoms with van der Waals surface area (Å²) in [5.41, 5.74) is 3.76. The summed E-state index contributed by atoms with van der Waals surface area (Å²) in [6, 6.07) is 19.0. The number of aryl methyl sites for hydroxylation is 1. The number of hydrogen-bond donors (Lipinski definition) is 0. The quantitative estimate of drug-likeness (QED) is 0.205. The summed E-state index contributed by atoms with van der Waals surface area (Å²) < 4.78 is 17.9. The van der Waals surface area contributed by atoms with Crippen LogP contribution in [0.5, 0.6) is 11.5 Å². The maximum Gasteiger partial charge on any atom is 0.363 e. The van der Waals surface area contributed by atoms with Gasteiger partial charge in [0.05, 0.1) is 12.1 Å². The van der Waals surface area contributed by atoms with Crippen LogP contribution in [0.2, 0.25) is 5.02 Å². The Kier molecular flexibility index (Phi) is 6.81. The maximum atomic E-state index is 12.3. The fourth-order valence-electron chi connectivity index (χ4n) is 3.17. The second kappa shape index (κ2) is 9.75. The van der Waals surface area contributed by atoms with Crippen LogP contribution in [-0.4, -0.2) is 19.0 Å². The van der Waals surface area contributed by atoms with Crippen LogP contribution in [0.3, 0.4) is 0 Å². The number of cyclic esters (lactones) is 1. The Hall–Kier alpha value is -2.84. The number of carbonyl (C=O) groups is 1. The van der Waals surface area contributed by atoms with Crippen LogP contribution in [0.4, 0.5) is 0 Å². The summed E-state index contributed by atoms with van der Waals surface area (Å²) in [6.45, 7) is 2.39. The number of hydrogen-bond acceptors (Lipinski definition) is 5. The molecule has 162 valence electrons. The number of ether oxygens (including phenoxy) is 3. The molecule has 0 atom stereocenters. The van der Waals surface area contributed by atoms with Crippen molar-refractivity contribution in [1.82, 2.24) is 0 Å². The predicted octanol–water partition coefficient (Wildman–Crippen LogP) is 6.19. The lowest BCUT2D eigenvalue weighted by Crippen LogP contribution is -2.05. The average molecular weight is 560 g/mol. The van der Waals surface area contributed by atoms with E-state index >= 15 is 0 Å². The number of rotatable bonds is 6. The van der Waals surface area contributed by atoms with E-state index in [1.807, 2.05) is 55.5 Å². The first-order valence-corrected chi connectivity index (χ1v) is 11.2. The van der Waals surface area contributed by atoms with Gasteiger partial charge in [0.2, 0.25) is 5.90 Å². The Bertz CT molecular complexity index is 1240. The lowest BCUT2D eigenvalue weighted by molar-refractivity contribution is -0.129. The van der Waals surface area contributed by atoms with Gasteiger partial charge in [-0.1, -0.05) is 35.9 Å². The Morgan fingerprint density at radius 3 is 2.59 bits per heavy atom. The zero-order valence-corrected chi connectivity index (χ0v) is 20.3. The monoisotopic (exact) mass is 559 g/mol. The third kappa shape index (κ3) is 4.97. The van der Waals surface area contributed by atoms with Crippen LogP contribution in [0.25, 0.3) is 6.08 Å². The number of benzene rings is 3. The molecule has 32 heavy (non-hydrogen) atoms. The Morgan fingerprint density at radius 2 is 1.88 bits per heavy atom. The molecule has 0 fully saturated rings. The van der Waals surface area contributed by atoms with Crippen LogP contribution < -0.4 is 9.47 Å². The summed E-state index contributed by atoms with van der Waals surface area (Å²) in [4.78, 5) is 16.7. The van der Waals surface area contributed by atoms with Crippen molar-refractivity contribution < 1.29 is 19.0 Å². The van der Waals surface area contributed by atoms with Gasteiger partial charge in [-0.15, -0.1) is 0 Å². The van der Waals surface area contributed by atoms with Gasteiger partial charge in [0.25, 0.3) is 0 Å². The number of aliphatic imine (C=N–C) groups is 1. The summed E-state index contributed by atoms with van der Waals surface area (Å²) in [7, 11) is 1.54. The molecule has 0 amide bonds. The van der Waals surface area contributed by atoms with E-state index in [1.165, 1.54) is 0 Å². The standard InChI is InChI=1S/C25H19ClINO4/c1-15-5-3-4-6-18(15)14-31-23-20(26)11-16(13-22(23)30-2)12-21-25(29)32-24(28-21)17-7-9-19(27)10-8-17/h3-13H,14H2,1-2H3/b21-12-. The molecule has 0 aromatic heterocycles. The number of esters is 1. The summed E-state index contributed by atoms with van der Waals surface area (Å²) in [6.07, 6.45) is 1.61. The largest absolute Gasteiger partial charge is 0.493 e. The van der Waals surface area contributed by atoms with Crippen molar-refractivity contribution >= 4 is 52.1 Å². The highest BCUT2D eigenvalue weighted by Gasteiger charge is 2.24. The van der Waals surface area contributed by atoms with Gasteiger partial charge in [-0.05, 0) is 88.7 Å². The highest BCUT2D eigenvalue weighted by molar-refractivity contribution is 14.1. The van der Waals surface area contributed by atoms with E-state index < -0.39 is 5.97 Å². The molecule has 3 aromatic carbocycles. The van der Waals surface area contributed by atoms with Crippen LogP contribution in [-0.2, 0) is 16.1 Å². The molecule has 3 aromatic rings. The highest BCUT2D eigenvalue weighted by Crippen LogP contribution is 2.38. The molecule has 0 unspecified atom stereocenters. The third-order valence-electron chi connectivity index (χ3n) is 4.90. The molecular weight excluding hydrogens is 541 g/mol. The summed E-state index contributed by atoms with van der Waals surface area (Å²) in [5.74, 6) is 0.658. The fourth-order valence-corrected chi connectivity index (χ4v) is 3.80. The SMILES string of the molecule is COc1cc(/C=C2\N=C(c3ccc(I)cc3)OC2=O)cc(Cl)c1OCc1ccccc1C. The minimum Gasteiger partial charge on any atom is -0.493 e. The first kappa shape index (κ1) is 22.4. The van der Waals surface area contributed by atoms with Crippen molar-refractivity contribution in [2.45, 2.75) is 13.5 Å². The number of nitrogens with zero attached hydrogens (tertiary/aromatic N) is 1. The van der Waals surface area contributed by atoms with Crippen LogP contribution >= 0.6 is 34.2 Å². The molecule has 0 radical (unpaired) electrons. The van der Waals surface area contributed by atoms with Crippen molar-refractivity contribution in [2.75, 3.05) is 7.11 Å². The highest BCUT2D eigenvalue weighted by atomic mass is 127. The van der Waals surface area contributed by atoms with Gasteiger partial charge in [-0.2, -0.15) is 0 Å². The molecular formula is C25H19ClINO4. The van der Waals surface area contributed by atoms with E-state index in [-0.39, 0.29) is 11.6 Å². The van der Waals surface area contributed by atoms with Gasteiger partial charge >= 0.3 is 5.97 Å². The van der Waals surface area contributed by atoms with Crippen molar-refractivity contribution in [3.8, 4) is 11.5 Å². The summed E-state index contributed by atoms with van der Waals surface area (Å²) in [5, 5.41) is 0.373. The van der Waals surface area contributed by atoms with E-state index in [2.05, 4.69) is 27.6 Å². The molecule has 1 aliphatic heterocycles. The molecule has 0 N–H and O–H groups in total. The molecule has 4 rings (SSSR count). The Morgan fingerprint density at radius 1 is 1.12 bits per heavy atom. The Labute approximate surface area is 204 Å². The zero-order chi connectivity index (χ0) is 22.7. The van der Waals surface area contributed by atoms with Crippen molar-refractivity contribution in [2.24, 2.45) is 4.99 Å². The number of carbonyl (C=O) groups excluding carboxylic acids is 1. The van der Waals surface area contributed by atoms with E-state index in [9.17, 15) is 4.79 Å². The molecule has 0 saturated carbocycles. The molecule has 0 bridgehead atoms. The second-order valence-electron chi connectivity index (χ2n) is 7.09. The molecule has 0 saturated heterocycles. The second-order valence-corrected chi connectivity index (χ2v) is 8.75. The van der Waals surface area contributed by atoms with Gasteiger partial charge < -0.3 is 14.2 Å². The minimum absolute atomic E-state index is 0.185. The smallest absolute Gasteiger partial charge is 0.363 e. The molecule has 7 heteroatoms. The lowest BCUT2D eigenvalue weighted by atomic mass is 10.1. The number of methoxy groups -OCH3 is 1. The predicted molar refractivity (Wildman–Crippen MR) is 133 cm³/mol. The van der Waals surface area contributed by atoms with E-state index in [1.54, 1.807) is 25.3 Å². The Balaban J connectivity index is 1.59. The van der Waals surface area contributed by atoms with Gasteiger partial charge in [0, 0.05) is 9.13 Å². The van der Waals surface area contributed by atoms with Crippen LogP contribution in [0.15, 0.2) is 71.4 Å². The maximum absolute atomic E-state index is 12.3. The van der Waals surface area contributed by atoms with Crippen molar-refractivity contribution in [3.05, 3.63) is 97.2 Å². The average Bonchev–Trinajstić information content (AvgIpc) is 3.14. The van der Waals surface area contributed by atoms with Crippen molar-refractivity contribution in [3.63, 3.8) is 0 Å². The van der Waals surface area contributed by atoms with Gasteiger partial charge in [-0.25, -0.2) is 9.79 Å². The van der Waals surface area contributed by atoms with E-state index in [0.29, 0.717) is 28.7 Å². The molecule has 1 aliphatic rings. The summed E-state index contributed by atoms with van der Waals surface area (Å²) >= 11 is 8.71. The normalized spacial score (nSPS) is 14.3. The van der Waals surface area contributed by atoms with Gasteiger partial charge in [0.1, 0.15) is 6.61 Å².